The standard InChI is InChI=1S/C14H18ClN3O3S/c15-10-1-2-13-9(5-10)6-11(17-13)7-21-18-14-8-22(19,20)4-3-12(14)16/h1-2,5-6,12,14,17-18H,3-4,7-8,16H2/t12-,14+/m1/s1. The number of aromatic amines is 1. The summed E-state index contributed by atoms with van der Waals surface area (Å²) < 4.78 is 23.2. The lowest BCUT2D eigenvalue weighted by atomic mass is 10.1. The third kappa shape index (κ3) is 3.61. The number of hydroxylamine groups is 1. The predicted molar refractivity (Wildman–Crippen MR) is 86.3 cm³/mol. The summed E-state index contributed by atoms with van der Waals surface area (Å²) in [4.78, 5) is 8.64. The Labute approximate surface area is 133 Å². The molecular formula is C14H18ClN3O3S. The lowest BCUT2D eigenvalue weighted by Gasteiger charge is -2.28. The second-order valence-corrected chi connectivity index (χ2v) is 8.27. The van der Waals surface area contributed by atoms with Crippen LogP contribution in [-0.4, -0.2) is 37.0 Å². The van der Waals surface area contributed by atoms with E-state index in [-0.39, 0.29) is 30.2 Å². The number of aromatic nitrogens is 1. The van der Waals surface area contributed by atoms with Gasteiger partial charge in [0.2, 0.25) is 0 Å². The quantitative estimate of drug-likeness (QED) is 0.728. The Morgan fingerprint density at radius 1 is 1.41 bits per heavy atom. The van der Waals surface area contributed by atoms with E-state index in [0.29, 0.717) is 11.4 Å². The van der Waals surface area contributed by atoms with Gasteiger partial charge in [-0.3, -0.25) is 4.84 Å². The van der Waals surface area contributed by atoms with Gasteiger partial charge < -0.3 is 10.7 Å². The molecule has 0 spiro atoms. The van der Waals surface area contributed by atoms with Crippen LogP contribution in [0.25, 0.3) is 10.9 Å². The number of hydrogen-bond donors (Lipinski definition) is 3. The van der Waals surface area contributed by atoms with E-state index in [1.807, 2.05) is 24.3 Å². The van der Waals surface area contributed by atoms with Gasteiger partial charge in [-0.05, 0) is 30.7 Å². The zero-order valence-corrected chi connectivity index (χ0v) is 13.5. The van der Waals surface area contributed by atoms with Crippen molar-refractivity contribution in [1.82, 2.24) is 10.5 Å². The van der Waals surface area contributed by atoms with Gasteiger partial charge >= 0.3 is 0 Å². The normalized spacial score (nSPS) is 24.6. The van der Waals surface area contributed by atoms with Gasteiger partial charge in [0.05, 0.1) is 17.5 Å². The van der Waals surface area contributed by atoms with Gasteiger partial charge in [-0.1, -0.05) is 11.6 Å². The molecule has 2 atom stereocenters. The Bertz CT molecular complexity index is 775. The second-order valence-electron chi connectivity index (χ2n) is 5.61. The van der Waals surface area contributed by atoms with E-state index >= 15 is 0 Å². The highest BCUT2D eigenvalue weighted by Gasteiger charge is 2.31. The lowest BCUT2D eigenvalue weighted by Crippen LogP contribution is -2.53. The molecule has 3 rings (SSSR count). The predicted octanol–water partition coefficient (Wildman–Crippen LogP) is 1.36. The Morgan fingerprint density at radius 2 is 2.23 bits per heavy atom. The number of hydrogen-bond acceptors (Lipinski definition) is 5. The second kappa shape index (κ2) is 6.17. The number of sulfone groups is 1. The van der Waals surface area contributed by atoms with E-state index in [9.17, 15) is 8.42 Å². The smallest absolute Gasteiger partial charge is 0.152 e. The van der Waals surface area contributed by atoms with Gasteiger partial charge in [0.25, 0.3) is 0 Å². The Balaban J connectivity index is 1.59. The van der Waals surface area contributed by atoms with Crippen LogP contribution in [-0.2, 0) is 21.3 Å². The van der Waals surface area contributed by atoms with Crippen molar-refractivity contribution in [3.63, 3.8) is 0 Å². The van der Waals surface area contributed by atoms with E-state index in [2.05, 4.69) is 10.5 Å². The van der Waals surface area contributed by atoms with Crippen molar-refractivity contribution in [3.05, 3.63) is 35.0 Å². The minimum atomic E-state index is -3.03. The molecule has 4 N–H and O–H groups in total. The SMILES string of the molecule is N[C@@H]1CCS(=O)(=O)C[C@@H]1NOCc1cc2cc(Cl)ccc2[nH]1. The highest BCUT2D eigenvalue weighted by atomic mass is 35.5. The molecule has 8 heteroatoms. The molecule has 0 bridgehead atoms. The molecular weight excluding hydrogens is 326 g/mol. The summed E-state index contributed by atoms with van der Waals surface area (Å²) in [6, 6.07) is 6.93. The molecule has 2 aromatic rings. The molecule has 1 fully saturated rings. The molecule has 2 heterocycles. The van der Waals surface area contributed by atoms with E-state index < -0.39 is 9.84 Å². The van der Waals surface area contributed by atoms with E-state index in [0.717, 1.165) is 16.6 Å². The minimum absolute atomic E-state index is 0.0104. The van der Waals surface area contributed by atoms with Gasteiger partial charge in [0.1, 0.15) is 6.61 Å². The number of halogens is 1. The molecule has 22 heavy (non-hydrogen) atoms. The van der Waals surface area contributed by atoms with Crippen molar-refractivity contribution in [3.8, 4) is 0 Å². The molecule has 0 amide bonds. The highest BCUT2D eigenvalue weighted by Crippen LogP contribution is 2.20. The van der Waals surface area contributed by atoms with Crippen molar-refractivity contribution in [2.75, 3.05) is 11.5 Å². The lowest BCUT2D eigenvalue weighted by molar-refractivity contribution is 0.000503. The molecule has 0 radical (unpaired) electrons. The molecule has 120 valence electrons. The Kier molecular flexibility index (Phi) is 4.42. The van der Waals surface area contributed by atoms with Crippen molar-refractivity contribution in [2.45, 2.75) is 25.1 Å². The summed E-state index contributed by atoms with van der Waals surface area (Å²) in [7, 11) is -3.03. The molecule has 1 aliphatic heterocycles. The fourth-order valence-electron chi connectivity index (χ4n) is 2.59. The monoisotopic (exact) mass is 343 g/mol. The van der Waals surface area contributed by atoms with Crippen LogP contribution in [0.5, 0.6) is 0 Å². The molecule has 0 saturated carbocycles. The summed E-state index contributed by atoms with van der Waals surface area (Å²) in [5.74, 6) is 0.158. The largest absolute Gasteiger partial charge is 0.356 e. The van der Waals surface area contributed by atoms with Crippen LogP contribution in [0, 0.1) is 0 Å². The van der Waals surface area contributed by atoms with Crippen molar-refractivity contribution in [1.29, 1.82) is 0 Å². The van der Waals surface area contributed by atoms with Gasteiger partial charge in [0, 0.05) is 27.7 Å². The van der Waals surface area contributed by atoms with Gasteiger partial charge in [0.15, 0.2) is 9.84 Å². The van der Waals surface area contributed by atoms with Crippen LogP contribution in [0.3, 0.4) is 0 Å². The minimum Gasteiger partial charge on any atom is -0.356 e. The summed E-state index contributed by atoms with van der Waals surface area (Å²) in [5, 5.41) is 1.68. The van der Waals surface area contributed by atoms with E-state index in [1.54, 1.807) is 0 Å². The number of rotatable bonds is 4. The van der Waals surface area contributed by atoms with Crippen molar-refractivity contribution < 1.29 is 13.3 Å². The fourth-order valence-corrected chi connectivity index (χ4v) is 4.43. The number of benzene rings is 1. The summed E-state index contributed by atoms with van der Waals surface area (Å²) in [6.07, 6.45) is 0.453. The maximum Gasteiger partial charge on any atom is 0.152 e. The molecule has 1 saturated heterocycles. The van der Waals surface area contributed by atoms with Crippen LogP contribution < -0.4 is 11.2 Å². The van der Waals surface area contributed by atoms with Crippen LogP contribution in [0.15, 0.2) is 24.3 Å². The van der Waals surface area contributed by atoms with Crippen LogP contribution in [0.2, 0.25) is 5.02 Å². The summed E-state index contributed by atoms with van der Waals surface area (Å²) >= 11 is 5.95. The van der Waals surface area contributed by atoms with Crippen LogP contribution in [0.1, 0.15) is 12.1 Å². The maximum atomic E-state index is 11.6. The van der Waals surface area contributed by atoms with Gasteiger partial charge in [-0.25, -0.2) is 8.42 Å². The first kappa shape index (κ1) is 15.8. The molecule has 6 nitrogen and oxygen atoms in total. The first-order chi connectivity index (χ1) is 10.4. The number of fused-ring (bicyclic) bond motifs is 1. The highest BCUT2D eigenvalue weighted by molar-refractivity contribution is 7.91. The molecule has 1 aliphatic rings. The topological polar surface area (TPSA) is 97.2 Å². The molecule has 1 aromatic heterocycles. The Morgan fingerprint density at radius 3 is 3.05 bits per heavy atom. The first-order valence-electron chi connectivity index (χ1n) is 7.03. The summed E-state index contributed by atoms with van der Waals surface area (Å²) in [6.45, 7) is 0.287. The van der Waals surface area contributed by atoms with Crippen molar-refractivity contribution in [2.24, 2.45) is 5.73 Å². The van der Waals surface area contributed by atoms with E-state index in [4.69, 9.17) is 22.2 Å². The zero-order chi connectivity index (χ0) is 15.7. The molecule has 0 aliphatic carbocycles. The fraction of sp³-hybridized carbons (Fsp3) is 0.429. The number of nitrogens with one attached hydrogen (secondary N) is 2. The van der Waals surface area contributed by atoms with E-state index in [1.165, 1.54) is 0 Å². The molecule has 1 aromatic carbocycles. The van der Waals surface area contributed by atoms with Crippen LogP contribution >= 0.6 is 11.6 Å². The Hall–Kier alpha value is -1.12. The maximum absolute atomic E-state index is 11.6. The van der Waals surface area contributed by atoms with Crippen LogP contribution in [0.4, 0.5) is 0 Å². The molecule has 0 unspecified atom stereocenters. The van der Waals surface area contributed by atoms with Gasteiger partial charge in [-0.2, -0.15) is 5.48 Å². The number of nitrogens with two attached hydrogens (primary N) is 1. The first-order valence-corrected chi connectivity index (χ1v) is 9.23. The average molecular weight is 344 g/mol. The average Bonchev–Trinajstić information content (AvgIpc) is 2.84. The van der Waals surface area contributed by atoms with Gasteiger partial charge in [-0.15, -0.1) is 0 Å². The number of H-pyrrole nitrogens is 1. The van der Waals surface area contributed by atoms with Crippen molar-refractivity contribution >= 4 is 32.3 Å². The zero-order valence-electron chi connectivity index (χ0n) is 11.9. The third-order valence-electron chi connectivity index (χ3n) is 3.81. The third-order valence-corrected chi connectivity index (χ3v) is 5.77. The summed E-state index contributed by atoms with van der Waals surface area (Å²) in [5.41, 5.74) is 10.6.